The van der Waals surface area contributed by atoms with Crippen LogP contribution in [0.25, 0.3) is 0 Å². The number of hydrogen-bond donors (Lipinski definition) is 1. The van der Waals surface area contributed by atoms with Crippen LogP contribution >= 0.6 is 15.9 Å². The molecule has 0 unspecified atom stereocenters. The first-order valence-electron chi connectivity index (χ1n) is 9.87. The Morgan fingerprint density at radius 1 is 1.20 bits per heavy atom. The predicted molar refractivity (Wildman–Crippen MR) is 118 cm³/mol. The molecule has 1 atom stereocenters. The maximum Gasteiger partial charge on any atom is 0.161 e. The molecule has 2 N–H and O–H groups in total. The van der Waals surface area contributed by atoms with E-state index in [0.717, 1.165) is 34.1 Å². The minimum Gasteiger partial charge on any atom is -0.489 e. The van der Waals surface area contributed by atoms with Gasteiger partial charge in [0.05, 0.1) is 17.6 Å². The van der Waals surface area contributed by atoms with Gasteiger partial charge in [0.1, 0.15) is 18.2 Å². The lowest BCUT2D eigenvalue weighted by Gasteiger charge is -2.38. The van der Waals surface area contributed by atoms with E-state index in [9.17, 15) is 10.1 Å². The zero-order valence-electron chi connectivity index (χ0n) is 16.7. The molecule has 6 heteroatoms. The number of rotatable bonds is 4. The van der Waals surface area contributed by atoms with Crippen molar-refractivity contribution >= 4 is 21.7 Å². The number of carbonyl (C=O) groups is 1. The number of Topliss-reactive ketones (excluding diaryl/α,β-unsaturated/α-hetero) is 1. The zero-order valence-corrected chi connectivity index (χ0v) is 18.3. The van der Waals surface area contributed by atoms with Crippen molar-refractivity contribution in [1.29, 1.82) is 5.26 Å². The van der Waals surface area contributed by atoms with Gasteiger partial charge in [0.25, 0.3) is 0 Å². The van der Waals surface area contributed by atoms with Gasteiger partial charge in [-0.15, -0.1) is 0 Å². The molecule has 2 aliphatic rings. The second kappa shape index (κ2) is 8.37. The molecular weight excluding hydrogens is 442 g/mol. The lowest BCUT2D eigenvalue weighted by atomic mass is 9.75. The third-order valence-corrected chi connectivity index (χ3v) is 6.23. The predicted octanol–water partition coefficient (Wildman–Crippen LogP) is 4.76. The Labute approximate surface area is 184 Å². The topological polar surface area (TPSA) is 79.3 Å². The molecule has 1 aliphatic carbocycles. The molecule has 1 aliphatic heterocycles. The highest BCUT2D eigenvalue weighted by molar-refractivity contribution is 9.10. The number of benzene rings is 2. The van der Waals surface area contributed by atoms with Crippen LogP contribution < -0.4 is 10.5 Å². The highest BCUT2D eigenvalue weighted by Gasteiger charge is 2.39. The summed E-state index contributed by atoms with van der Waals surface area (Å²) < 4.78 is 7.16. The van der Waals surface area contributed by atoms with E-state index in [0.29, 0.717) is 35.7 Å². The van der Waals surface area contributed by atoms with Crippen molar-refractivity contribution in [2.45, 2.75) is 31.8 Å². The Morgan fingerprint density at radius 3 is 2.67 bits per heavy atom. The summed E-state index contributed by atoms with van der Waals surface area (Å²) in [5, 5.41) is 9.92. The summed E-state index contributed by atoms with van der Waals surface area (Å²) in [6.45, 7) is 0.387. The Bertz CT molecular complexity index is 1100. The summed E-state index contributed by atoms with van der Waals surface area (Å²) in [5.41, 5.74) is 10.1. The van der Waals surface area contributed by atoms with Crippen LogP contribution in [0.3, 0.4) is 0 Å². The average Bonchev–Trinajstić information content (AvgIpc) is 2.76. The minimum atomic E-state index is -0.505. The maximum absolute atomic E-state index is 12.9. The molecule has 2 aromatic carbocycles. The van der Waals surface area contributed by atoms with Crippen molar-refractivity contribution in [2.24, 2.45) is 5.73 Å². The van der Waals surface area contributed by atoms with Crippen molar-refractivity contribution in [3.8, 4) is 11.8 Å². The fourth-order valence-electron chi connectivity index (χ4n) is 4.17. The number of ketones is 1. The van der Waals surface area contributed by atoms with Crippen molar-refractivity contribution in [3.63, 3.8) is 0 Å². The smallest absolute Gasteiger partial charge is 0.161 e. The molecule has 0 spiro atoms. The highest BCUT2D eigenvalue weighted by atomic mass is 79.9. The molecule has 0 bridgehead atoms. The molecular formula is C24H22BrN3O2. The van der Waals surface area contributed by atoms with Crippen LogP contribution in [0, 0.1) is 11.3 Å². The second-order valence-corrected chi connectivity index (χ2v) is 8.41. The van der Waals surface area contributed by atoms with Gasteiger partial charge in [-0.25, -0.2) is 0 Å². The monoisotopic (exact) mass is 463 g/mol. The van der Waals surface area contributed by atoms with Crippen molar-refractivity contribution < 1.29 is 9.53 Å². The van der Waals surface area contributed by atoms with Gasteiger partial charge in [-0.05, 0) is 36.6 Å². The van der Waals surface area contributed by atoms with Crippen LogP contribution in [0.1, 0.15) is 36.3 Å². The van der Waals surface area contributed by atoms with Crippen molar-refractivity contribution in [2.75, 3.05) is 7.05 Å². The third-order valence-electron chi connectivity index (χ3n) is 5.71. The number of nitriles is 1. The van der Waals surface area contributed by atoms with Crippen LogP contribution in [0.15, 0.2) is 75.7 Å². The SMILES string of the molecule is CN1C(N)=C(C#N)[C@@H](c2ccccc2OCc2ccc(Br)cc2)C2=C1CCCC2=O. The lowest BCUT2D eigenvalue weighted by molar-refractivity contribution is -0.116. The van der Waals surface area contributed by atoms with E-state index < -0.39 is 5.92 Å². The van der Waals surface area contributed by atoms with Gasteiger partial charge in [0.2, 0.25) is 0 Å². The molecule has 152 valence electrons. The van der Waals surface area contributed by atoms with Gasteiger partial charge in [-0.3, -0.25) is 4.79 Å². The molecule has 0 radical (unpaired) electrons. The average molecular weight is 464 g/mol. The van der Waals surface area contributed by atoms with E-state index in [4.69, 9.17) is 10.5 Å². The fourth-order valence-corrected chi connectivity index (χ4v) is 4.43. The van der Waals surface area contributed by atoms with E-state index in [1.165, 1.54) is 0 Å². The van der Waals surface area contributed by atoms with Gasteiger partial charge in [-0.2, -0.15) is 5.26 Å². The van der Waals surface area contributed by atoms with Gasteiger partial charge in [-0.1, -0.05) is 46.3 Å². The number of carbonyl (C=O) groups excluding carboxylic acids is 1. The first-order chi connectivity index (χ1) is 14.5. The minimum absolute atomic E-state index is 0.0797. The lowest BCUT2D eigenvalue weighted by Crippen LogP contribution is -2.36. The van der Waals surface area contributed by atoms with Gasteiger partial charge >= 0.3 is 0 Å². The quantitative estimate of drug-likeness (QED) is 0.706. The molecule has 0 amide bonds. The van der Waals surface area contributed by atoms with E-state index in [2.05, 4.69) is 22.0 Å². The Morgan fingerprint density at radius 2 is 1.93 bits per heavy atom. The molecule has 0 aromatic heterocycles. The zero-order chi connectivity index (χ0) is 21.3. The van der Waals surface area contributed by atoms with Crippen LogP contribution in [-0.4, -0.2) is 17.7 Å². The summed E-state index contributed by atoms with van der Waals surface area (Å²) in [6, 6.07) is 17.8. The highest BCUT2D eigenvalue weighted by Crippen LogP contribution is 2.46. The summed E-state index contributed by atoms with van der Waals surface area (Å²) in [7, 11) is 1.83. The molecule has 1 heterocycles. The van der Waals surface area contributed by atoms with Crippen molar-refractivity contribution in [3.05, 3.63) is 86.8 Å². The van der Waals surface area contributed by atoms with Gasteiger partial charge < -0.3 is 15.4 Å². The van der Waals surface area contributed by atoms with Crippen molar-refractivity contribution in [1.82, 2.24) is 4.90 Å². The molecule has 0 saturated heterocycles. The standard InChI is InChI=1S/C24H22BrN3O2/c1-28-19-6-4-7-20(29)23(19)22(18(13-26)24(28)27)17-5-2-3-8-21(17)30-14-15-9-11-16(25)12-10-15/h2-3,5,8-12,22H,4,6-7,14,27H2,1H3/t22-/m1/s1. The third kappa shape index (κ3) is 3.61. The van der Waals surface area contributed by atoms with Crippen LogP contribution in [0.2, 0.25) is 0 Å². The number of halogens is 1. The molecule has 2 aromatic rings. The number of para-hydroxylation sites is 1. The van der Waals surface area contributed by atoms with E-state index in [-0.39, 0.29) is 5.78 Å². The first kappa shape index (κ1) is 20.2. The second-order valence-electron chi connectivity index (χ2n) is 7.49. The normalized spacial score (nSPS) is 18.9. The largest absolute Gasteiger partial charge is 0.489 e. The Balaban J connectivity index is 1.76. The summed E-state index contributed by atoms with van der Waals surface area (Å²) >= 11 is 3.44. The van der Waals surface area contributed by atoms with Crippen LogP contribution in [0.4, 0.5) is 0 Å². The Hall–Kier alpha value is -3.04. The first-order valence-corrected chi connectivity index (χ1v) is 10.7. The number of allylic oxidation sites excluding steroid dienone is 3. The number of hydrogen-bond acceptors (Lipinski definition) is 5. The molecule has 0 fully saturated rings. The molecule has 0 saturated carbocycles. The number of ether oxygens (including phenoxy) is 1. The van der Waals surface area contributed by atoms with Crippen LogP contribution in [0.5, 0.6) is 5.75 Å². The van der Waals surface area contributed by atoms with E-state index >= 15 is 0 Å². The summed E-state index contributed by atoms with van der Waals surface area (Å²) in [4.78, 5) is 14.7. The van der Waals surface area contributed by atoms with Gasteiger partial charge in [0.15, 0.2) is 5.78 Å². The summed E-state index contributed by atoms with van der Waals surface area (Å²) in [6.07, 6.45) is 2.06. The fraction of sp³-hybridized carbons (Fsp3) is 0.250. The Kier molecular flexibility index (Phi) is 5.65. The van der Waals surface area contributed by atoms with E-state index in [1.807, 2.05) is 55.6 Å². The maximum atomic E-state index is 12.9. The summed E-state index contributed by atoms with van der Waals surface area (Å²) in [5.74, 6) is 0.630. The number of nitrogens with two attached hydrogens (primary N) is 1. The van der Waals surface area contributed by atoms with Crippen LogP contribution in [-0.2, 0) is 11.4 Å². The molecule has 4 rings (SSSR count). The van der Waals surface area contributed by atoms with Gasteiger partial charge in [0, 0.05) is 34.8 Å². The molecule has 30 heavy (non-hydrogen) atoms. The number of nitrogens with zero attached hydrogens (tertiary/aromatic N) is 2. The molecule has 5 nitrogen and oxygen atoms in total. The van der Waals surface area contributed by atoms with E-state index in [1.54, 1.807) is 4.90 Å².